The van der Waals surface area contributed by atoms with Crippen LogP contribution < -0.4 is 21.7 Å². The van der Waals surface area contributed by atoms with Gasteiger partial charge in [-0.15, -0.1) is 11.3 Å². The second-order valence-corrected chi connectivity index (χ2v) is 10.7. The SMILES string of the molecule is COCC(C)OC1CN(c2ccc3c(n2)CCC(NC(=O)c2sc4nc(C)ncc4c2N)C3)CC1N. The van der Waals surface area contributed by atoms with Crippen molar-refractivity contribution in [2.45, 2.75) is 57.4 Å². The second kappa shape index (κ2) is 10.3. The fourth-order valence-electron chi connectivity index (χ4n) is 5.01. The van der Waals surface area contributed by atoms with E-state index in [1.807, 2.05) is 19.9 Å². The highest BCUT2D eigenvalue weighted by atomic mass is 32.1. The minimum atomic E-state index is -0.161. The minimum Gasteiger partial charge on any atom is -0.397 e. The van der Waals surface area contributed by atoms with Gasteiger partial charge < -0.3 is 31.2 Å². The molecule has 1 aliphatic heterocycles. The monoisotopic (exact) mass is 511 g/mol. The van der Waals surface area contributed by atoms with Gasteiger partial charge in [-0.2, -0.15) is 0 Å². The van der Waals surface area contributed by atoms with E-state index in [4.69, 9.17) is 25.9 Å². The van der Waals surface area contributed by atoms with E-state index in [-0.39, 0.29) is 30.2 Å². The van der Waals surface area contributed by atoms with Crippen molar-refractivity contribution in [2.75, 3.05) is 37.4 Å². The summed E-state index contributed by atoms with van der Waals surface area (Å²) in [6.07, 6.45) is 3.97. The van der Waals surface area contributed by atoms with E-state index >= 15 is 0 Å². The number of aromatic nitrogens is 3. The Bertz CT molecular complexity index is 1270. The van der Waals surface area contributed by atoms with Crippen molar-refractivity contribution in [3.63, 3.8) is 0 Å². The Kier molecular flexibility index (Phi) is 7.07. The summed E-state index contributed by atoms with van der Waals surface area (Å²) in [5.41, 5.74) is 15.3. The Labute approximate surface area is 214 Å². The molecule has 0 bridgehead atoms. The maximum atomic E-state index is 13.0. The van der Waals surface area contributed by atoms with Crippen molar-refractivity contribution in [3.8, 4) is 0 Å². The van der Waals surface area contributed by atoms with E-state index in [2.05, 4.69) is 26.3 Å². The fourth-order valence-corrected chi connectivity index (χ4v) is 6.02. The van der Waals surface area contributed by atoms with Crippen LogP contribution in [0.3, 0.4) is 0 Å². The number of anilines is 2. The number of pyridine rings is 1. The number of methoxy groups -OCH3 is 1. The lowest BCUT2D eigenvalue weighted by Crippen LogP contribution is -2.39. The Balaban J connectivity index is 1.23. The molecule has 0 saturated carbocycles. The van der Waals surface area contributed by atoms with E-state index in [1.54, 1.807) is 13.3 Å². The van der Waals surface area contributed by atoms with E-state index < -0.39 is 0 Å². The number of rotatable bonds is 7. The van der Waals surface area contributed by atoms with Gasteiger partial charge in [0, 0.05) is 38.1 Å². The summed E-state index contributed by atoms with van der Waals surface area (Å²) in [4.78, 5) is 30.0. The first-order valence-corrected chi connectivity index (χ1v) is 13.1. The molecule has 4 unspecified atom stereocenters. The van der Waals surface area contributed by atoms with Crippen molar-refractivity contribution in [3.05, 3.63) is 40.3 Å². The highest BCUT2D eigenvalue weighted by molar-refractivity contribution is 7.21. The van der Waals surface area contributed by atoms with Gasteiger partial charge in [-0.1, -0.05) is 6.07 Å². The number of carbonyl (C=O) groups is 1. The number of aryl methyl sites for hydroxylation is 2. The molecule has 0 aromatic carbocycles. The van der Waals surface area contributed by atoms with Crippen LogP contribution in [-0.2, 0) is 22.3 Å². The molecule has 10 nitrogen and oxygen atoms in total. The molecule has 0 radical (unpaired) electrons. The molecule has 0 spiro atoms. The summed E-state index contributed by atoms with van der Waals surface area (Å²) in [6, 6.07) is 4.12. The number of carbonyl (C=O) groups excluding carboxylic acids is 1. The average molecular weight is 512 g/mol. The van der Waals surface area contributed by atoms with E-state index in [0.29, 0.717) is 36.1 Å². The van der Waals surface area contributed by atoms with Gasteiger partial charge in [0.25, 0.3) is 5.91 Å². The number of hydrogen-bond donors (Lipinski definition) is 3. The number of nitrogens with two attached hydrogens (primary N) is 2. The molecule has 1 saturated heterocycles. The third-order valence-electron chi connectivity index (χ3n) is 6.84. The topological polar surface area (TPSA) is 142 Å². The third kappa shape index (κ3) is 5.01. The van der Waals surface area contributed by atoms with Gasteiger partial charge in [-0.3, -0.25) is 4.79 Å². The third-order valence-corrected chi connectivity index (χ3v) is 7.95. The number of thiophene rings is 1. The maximum absolute atomic E-state index is 13.0. The highest BCUT2D eigenvalue weighted by Crippen LogP contribution is 2.32. The molecule has 2 aliphatic rings. The number of nitrogen functional groups attached to an aromatic ring is 1. The zero-order valence-electron chi connectivity index (χ0n) is 20.9. The van der Waals surface area contributed by atoms with Crippen LogP contribution >= 0.6 is 11.3 Å². The standard InChI is InChI=1S/C25H33N7O3S/c1-13(12-34-3)35-20-11-32(10-18(20)26)21-7-4-15-8-16(5-6-19(15)31-21)30-24(33)23-22(27)17-9-28-14(2)29-25(17)36-23/h4,7,9,13,16,18,20H,5-6,8,10-12,26-27H2,1-3H3,(H,30,33). The molecular formula is C25H33N7O3S. The van der Waals surface area contributed by atoms with Gasteiger partial charge in [0.2, 0.25) is 0 Å². The molecule has 4 atom stereocenters. The molecule has 1 aliphatic carbocycles. The van der Waals surface area contributed by atoms with Crippen LogP contribution in [-0.4, -0.2) is 72.0 Å². The Morgan fingerprint density at radius 2 is 2.17 bits per heavy atom. The molecule has 5 rings (SSSR count). The molecule has 11 heteroatoms. The molecule has 1 amide bonds. The molecule has 1 fully saturated rings. The summed E-state index contributed by atoms with van der Waals surface area (Å²) >= 11 is 1.31. The molecule has 3 aromatic heterocycles. The zero-order valence-corrected chi connectivity index (χ0v) is 21.7. The normalized spacial score (nSPS) is 22.6. The second-order valence-electron chi connectivity index (χ2n) is 9.68. The summed E-state index contributed by atoms with van der Waals surface area (Å²) < 4.78 is 11.2. The van der Waals surface area contributed by atoms with Crippen LogP contribution in [0.5, 0.6) is 0 Å². The predicted molar refractivity (Wildman–Crippen MR) is 140 cm³/mol. The van der Waals surface area contributed by atoms with Crippen LogP contribution in [0, 0.1) is 6.92 Å². The molecule has 192 valence electrons. The number of nitrogens with zero attached hydrogens (tertiary/aromatic N) is 4. The Hall–Kier alpha value is -2.86. The van der Waals surface area contributed by atoms with Crippen LogP contribution in [0.25, 0.3) is 10.2 Å². The number of ether oxygens (including phenoxy) is 2. The van der Waals surface area contributed by atoms with Gasteiger partial charge in [-0.25, -0.2) is 15.0 Å². The van der Waals surface area contributed by atoms with Crippen LogP contribution in [0.15, 0.2) is 18.3 Å². The quantitative estimate of drug-likeness (QED) is 0.433. The van der Waals surface area contributed by atoms with E-state index in [1.165, 1.54) is 11.3 Å². The molecule has 36 heavy (non-hydrogen) atoms. The van der Waals surface area contributed by atoms with Crippen molar-refractivity contribution in [1.29, 1.82) is 0 Å². The number of amides is 1. The predicted octanol–water partition coefficient (Wildman–Crippen LogP) is 1.83. The van der Waals surface area contributed by atoms with Crippen LogP contribution in [0.4, 0.5) is 11.5 Å². The van der Waals surface area contributed by atoms with Crippen LogP contribution in [0.1, 0.15) is 40.1 Å². The van der Waals surface area contributed by atoms with E-state index in [9.17, 15) is 4.79 Å². The van der Waals surface area contributed by atoms with Gasteiger partial charge in [0.05, 0.1) is 35.9 Å². The van der Waals surface area contributed by atoms with Crippen molar-refractivity contribution >= 4 is 39.0 Å². The molecular weight excluding hydrogens is 478 g/mol. The first-order chi connectivity index (χ1) is 17.3. The maximum Gasteiger partial charge on any atom is 0.263 e. The van der Waals surface area contributed by atoms with E-state index in [0.717, 1.165) is 46.6 Å². The number of fused-ring (bicyclic) bond motifs is 2. The number of nitrogens with one attached hydrogen (secondary N) is 1. The van der Waals surface area contributed by atoms with Gasteiger partial charge >= 0.3 is 0 Å². The minimum absolute atomic E-state index is 0.00500. The lowest BCUT2D eigenvalue weighted by atomic mass is 9.91. The smallest absolute Gasteiger partial charge is 0.263 e. The summed E-state index contributed by atoms with van der Waals surface area (Å²) in [7, 11) is 1.67. The van der Waals surface area contributed by atoms with Crippen molar-refractivity contribution in [2.24, 2.45) is 5.73 Å². The number of hydrogen-bond acceptors (Lipinski definition) is 10. The first kappa shape index (κ1) is 24.8. The lowest BCUT2D eigenvalue weighted by molar-refractivity contribution is -0.0348. The first-order valence-electron chi connectivity index (χ1n) is 12.3. The zero-order chi connectivity index (χ0) is 25.4. The summed E-state index contributed by atoms with van der Waals surface area (Å²) in [6.45, 7) is 5.77. The largest absolute Gasteiger partial charge is 0.397 e. The lowest BCUT2D eigenvalue weighted by Gasteiger charge is -2.26. The van der Waals surface area contributed by atoms with Gasteiger partial charge in [0.1, 0.15) is 21.3 Å². The summed E-state index contributed by atoms with van der Waals surface area (Å²) in [5.74, 6) is 1.42. The molecule has 4 heterocycles. The Morgan fingerprint density at radius 3 is 2.97 bits per heavy atom. The molecule has 5 N–H and O–H groups in total. The van der Waals surface area contributed by atoms with Crippen LogP contribution in [0.2, 0.25) is 0 Å². The fraction of sp³-hybridized carbons (Fsp3) is 0.520. The highest BCUT2D eigenvalue weighted by Gasteiger charge is 2.33. The average Bonchev–Trinajstić information content (AvgIpc) is 3.38. The molecule has 3 aromatic rings. The Morgan fingerprint density at radius 1 is 1.33 bits per heavy atom. The van der Waals surface area contributed by atoms with Gasteiger partial charge in [0.15, 0.2) is 0 Å². The van der Waals surface area contributed by atoms with Crippen molar-refractivity contribution in [1.82, 2.24) is 20.3 Å². The van der Waals surface area contributed by atoms with Gasteiger partial charge in [-0.05, 0) is 44.7 Å². The van der Waals surface area contributed by atoms with Crippen molar-refractivity contribution < 1.29 is 14.3 Å². The summed E-state index contributed by atoms with van der Waals surface area (Å²) in [5, 5.41) is 3.89.